The molecule has 0 bridgehead atoms. The van der Waals surface area contributed by atoms with Crippen molar-refractivity contribution in [3.8, 4) is 0 Å². The van der Waals surface area contributed by atoms with Crippen molar-refractivity contribution in [2.24, 2.45) is 0 Å². The van der Waals surface area contributed by atoms with E-state index in [2.05, 4.69) is 12.1 Å². The molecule has 1 amide bonds. The molecule has 1 saturated heterocycles. The Morgan fingerprint density at radius 2 is 1.81 bits per heavy atom. The van der Waals surface area contributed by atoms with Crippen molar-refractivity contribution < 1.29 is 17.9 Å². The van der Waals surface area contributed by atoms with Crippen LogP contribution in [0.3, 0.4) is 0 Å². The van der Waals surface area contributed by atoms with Gasteiger partial charge in [-0.2, -0.15) is 4.31 Å². The van der Waals surface area contributed by atoms with Gasteiger partial charge in [-0.05, 0) is 49.4 Å². The number of hydrogen-bond donors (Lipinski definition) is 0. The van der Waals surface area contributed by atoms with Gasteiger partial charge in [-0.15, -0.1) is 0 Å². The average molecular weight is 465 g/mol. The van der Waals surface area contributed by atoms with E-state index in [1.165, 1.54) is 28.1 Å². The maximum atomic E-state index is 13.3. The third kappa shape index (κ3) is 6.07. The zero-order valence-corrected chi connectivity index (χ0v) is 19.4. The molecule has 0 aliphatic carbocycles. The van der Waals surface area contributed by atoms with Crippen molar-refractivity contribution in [1.82, 2.24) is 9.21 Å². The van der Waals surface area contributed by atoms with E-state index in [9.17, 15) is 13.2 Å². The highest BCUT2D eigenvalue weighted by molar-refractivity contribution is 7.89. The highest BCUT2D eigenvalue weighted by Gasteiger charge is 2.29. The first-order valence-electron chi connectivity index (χ1n) is 10.6. The van der Waals surface area contributed by atoms with Gasteiger partial charge in [0.2, 0.25) is 10.0 Å². The first-order valence-corrected chi connectivity index (χ1v) is 12.4. The maximum Gasteiger partial charge on any atom is 0.255 e. The second kappa shape index (κ2) is 11.1. The van der Waals surface area contributed by atoms with Gasteiger partial charge in [-0.3, -0.25) is 4.79 Å². The minimum Gasteiger partial charge on any atom is -0.383 e. The topological polar surface area (TPSA) is 66.9 Å². The summed E-state index contributed by atoms with van der Waals surface area (Å²) in [6.45, 7) is 2.34. The lowest BCUT2D eigenvalue weighted by Crippen LogP contribution is -2.35. The summed E-state index contributed by atoms with van der Waals surface area (Å²) in [5.74, 6) is -0.284. The largest absolute Gasteiger partial charge is 0.383 e. The number of ether oxygens (including phenoxy) is 1. The fourth-order valence-corrected chi connectivity index (χ4v) is 5.45. The smallest absolute Gasteiger partial charge is 0.255 e. The molecule has 0 atom stereocenters. The van der Waals surface area contributed by atoms with Crippen molar-refractivity contribution in [2.45, 2.75) is 30.6 Å². The number of carbonyl (C=O) groups is 1. The Morgan fingerprint density at radius 3 is 2.48 bits per heavy atom. The third-order valence-electron chi connectivity index (χ3n) is 5.46. The SMILES string of the molecule is COCCN(CCCc1ccccc1)C(=O)c1cc(S(=O)(=O)N2CCCC2)ccc1Cl. The number of sulfonamides is 1. The Morgan fingerprint density at radius 1 is 1.10 bits per heavy atom. The van der Waals surface area contributed by atoms with Gasteiger partial charge in [-0.1, -0.05) is 41.9 Å². The van der Waals surface area contributed by atoms with Crippen LogP contribution < -0.4 is 0 Å². The summed E-state index contributed by atoms with van der Waals surface area (Å²) >= 11 is 6.32. The van der Waals surface area contributed by atoms with Gasteiger partial charge in [0, 0.05) is 33.3 Å². The number of rotatable bonds is 10. The van der Waals surface area contributed by atoms with Crippen LogP contribution in [0.1, 0.15) is 35.2 Å². The molecule has 0 spiro atoms. The third-order valence-corrected chi connectivity index (χ3v) is 7.68. The normalized spacial score (nSPS) is 14.6. The van der Waals surface area contributed by atoms with Gasteiger partial charge >= 0.3 is 0 Å². The van der Waals surface area contributed by atoms with Gasteiger partial charge in [-0.25, -0.2) is 8.42 Å². The van der Waals surface area contributed by atoms with Crippen LogP contribution in [0.15, 0.2) is 53.4 Å². The van der Waals surface area contributed by atoms with Gasteiger partial charge in [0.15, 0.2) is 0 Å². The number of hydrogen-bond acceptors (Lipinski definition) is 4. The summed E-state index contributed by atoms with van der Waals surface area (Å²) < 4.78 is 32.5. The van der Waals surface area contributed by atoms with Gasteiger partial charge in [0.1, 0.15) is 0 Å². The van der Waals surface area contributed by atoms with Crippen LogP contribution in [0, 0.1) is 0 Å². The Bertz CT molecular complexity index is 976. The van der Waals surface area contributed by atoms with Crippen LogP contribution in [-0.4, -0.2) is 63.4 Å². The molecule has 1 aliphatic heterocycles. The van der Waals surface area contributed by atoms with Crippen molar-refractivity contribution in [1.29, 1.82) is 0 Å². The Labute approximate surface area is 189 Å². The highest BCUT2D eigenvalue weighted by Crippen LogP contribution is 2.26. The fraction of sp³-hybridized carbons (Fsp3) is 0.435. The van der Waals surface area contributed by atoms with Crippen LogP contribution in [0.4, 0.5) is 0 Å². The molecule has 1 aliphatic rings. The van der Waals surface area contributed by atoms with E-state index in [0.717, 1.165) is 25.7 Å². The number of benzene rings is 2. The number of carbonyl (C=O) groups excluding carboxylic acids is 1. The van der Waals surface area contributed by atoms with E-state index in [-0.39, 0.29) is 21.4 Å². The van der Waals surface area contributed by atoms with Crippen LogP contribution in [0.2, 0.25) is 5.02 Å². The number of halogens is 1. The molecule has 0 radical (unpaired) electrons. The lowest BCUT2D eigenvalue weighted by molar-refractivity contribution is 0.0693. The van der Waals surface area contributed by atoms with E-state index in [1.807, 2.05) is 18.2 Å². The van der Waals surface area contributed by atoms with Crippen molar-refractivity contribution in [3.63, 3.8) is 0 Å². The van der Waals surface area contributed by atoms with Gasteiger partial charge in [0.05, 0.1) is 22.1 Å². The molecule has 1 fully saturated rings. The molecular formula is C23H29ClN2O4S. The van der Waals surface area contributed by atoms with E-state index in [1.54, 1.807) is 12.0 Å². The zero-order chi connectivity index (χ0) is 22.3. The first kappa shape index (κ1) is 23.7. The fourth-order valence-electron chi connectivity index (χ4n) is 3.71. The van der Waals surface area contributed by atoms with Gasteiger partial charge in [0.25, 0.3) is 5.91 Å². The summed E-state index contributed by atoms with van der Waals surface area (Å²) in [6, 6.07) is 14.5. The molecule has 0 N–H and O–H groups in total. The molecule has 0 unspecified atom stereocenters. The van der Waals surface area contributed by atoms with E-state index in [0.29, 0.717) is 32.8 Å². The van der Waals surface area contributed by atoms with Crippen molar-refractivity contribution in [3.05, 3.63) is 64.7 Å². The van der Waals surface area contributed by atoms with E-state index < -0.39 is 10.0 Å². The molecule has 0 saturated carbocycles. The lowest BCUT2D eigenvalue weighted by Gasteiger charge is -2.24. The molecule has 168 valence electrons. The van der Waals surface area contributed by atoms with Crippen LogP contribution in [-0.2, 0) is 21.2 Å². The molecule has 6 nitrogen and oxygen atoms in total. The number of amides is 1. The molecule has 2 aromatic rings. The zero-order valence-electron chi connectivity index (χ0n) is 17.8. The first-order chi connectivity index (χ1) is 14.9. The van der Waals surface area contributed by atoms with Crippen LogP contribution >= 0.6 is 11.6 Å². The summed E-state index contributed by atoms with van der Waals surface area (Å²) in [4.78, 5) is 15.1. The second-order valence-corrected chi connectivity index (χ2v) is 9.97. The molecule has 8 heteroatoms. The van der Waals surface area contributed by atoms with Crippen molar-refractivity contribution >= 4 is 27.5 Å². The average Bonchev–Trinajstić information content (AvgIpc) is 3.32. The summed E-state index contributed by atoms with van der Waals surface area (Å²) in [5.41, 5.74) is 1.41. The maximum absolute atomic E-state index is 13.3. The summed E-state index contributed by atoms with van der Waals surface area (Å²) in [7, 11) is -2.04. The molecule has 1 heterocycles. The van der Waals surface area contributed by atoms with E-state index >= 15 is 0 Å². The molecule has 3 rings (SSSR count). The van der Waals surface area contributed by atoms with Crippen LogP contribution in [0.25, 0.3) is 0 Å². The number of methoxy groups -OCH3 is 1. The molecule has 31 heavy (non-hydrogen) atoms. The highest BCUT2D eigenvalue weighted by atomic mass is 35.5. The second-order valence-electron chi connectivity index (χ2n) is 7.63. The standard InChI is InChI=1S/C23H29ClN2O4S/c1-30-17-16-25(13-7-10-19-8-3-2-4-9-19)23(27)21-18-20(11-12-22(21)24)31(28,29)26-14-5-6-15-26/h2-4,8-9,11-12,18H,5-7,10,13-17H2,1H3. The quantitative estimate of drug-likeness (QED) is 0.535. The molecule has 0 aromatic heterocycles. The minimum absolute atomic E-state index is 0.109. The van der Waals surface area contributed by atoms with Crippen molar-refractivity contribution in [2.75, 3.05) is 39.9 Å². The summed E-state index contributed by atoms with van der Waals surface area (Å²) in [5, 5.41) is 0.246. The number of nitrogens with zero attached hydrogens (tertiary/aromatic N) is 2. The lowest BCUT2D eigenvalue weighted by atomic mass is 10.1. The summed E-state index contributed by atoms with van der Waals surface area (Å²) in [6.07, 6.45) is 3.33. The Kier molecular flexibility index (Phi) is 8.49. The van der Waals surface area contributed by atoms with Crippen LogP contribution in [0.5, 0.6) is 0 Å². The molecular weight excluding hydrogens is 436 g/mol. The predicted molar refractivity (Wildman–Crippen MR) is 122 cm³/mol. The predicted octanol–water partition coefficient (Wildman–Crippen LogP) is 3.85. The minimum atomic E-state index is -3.63. The number of aryl methyl sites for hydroxylation is 1. The Balaban J connectivity index is 1.77. The Hall–Kier alpha value is -1.93. The van der Waals surface area contributed by atoms with Gasteiger partial charge < -0.3 is 9.64 Å². The van der Waals surface area contributed by atoms with E-state index in [4.69, 9.17) is 16.3 Å². The monoisotopic (exact) mass is 464 g/mol. The molecule has 2 aromatic carbocycles.